The second kappa shape index (κ2) is 10.9. The summed E-state index contributed by atoms with van der Waals surface area (Å²) in [5.41, 5.74) is 8.17. The maximum Gasteiger partial charge on any atom is 0.231 e. The van der Waals surface area contributed by atoms with E-state index in [1.807, 2.05) is 68.4 Å². The van der Waals surface area contributed by atoms with Gasteiger partial charge in [0.05, 0.1) is 17.8 Å². The molecule has 0 saturated carbocycles. The lowest BCUT2D eigenvalue weighted by Gasteiger charge is -2.28. The molecule has 0 unspecified atom stereocenters. The van der Waals surface area contributed by atoms with Crippen molar-refractivity contribution >= 4 is 28.9 Å². The monoisotopic (exact) mass is 567 g/mol. The van der Waals surface area contributed by atoms with E-state index in [9.17, 15) is 4.79 Å². The molecule has 4 heterocycles. The van der Waals surface area contributed by atoms with Gasteiger partial charge in [-0.05, 0) is 93.0 Å². The number of ether oxygens (including phenoxy) is 2. The van der Waals surface area contributed by atoms with Gasteiger partial charge in [0.2, 0.25) is 12.7 Å². The van der Waals surface area contributed by atoms with Gasteiger partial charge in [-0.15, -0.1) is 0 Å². The largest absolute Gasteiger partial charge is 0.454 e. The Morgan fingerprint density at radius 2 is 1.88 bits per heavy atom. The second-order valence-electron chi connectivity index (χ2n) is 10.6. The molecule has 6 rings (SSSR count). The molecule has 2 aromatic carbocycles. The minimum atomic E-state index is -0.170. The molecule has 2 aromatic heterocycles. The van der Waals surface area contributed by atoms with E-state index in [1.54, 1.807) is 6.20 Å². The number of amides is 1. The van der Waals surface area contributed by atoms with Gasteiger partial charge in [0.25, 0.3) is 0 Å². The number of aromatic nitrogens is 2. The molecule has 41 heavy (non-hydrogen) atoms. The van der Waals surface area contributed by atoms with Crippen molar-refractivity contribution in [3.8, 4) is 17.2 Å². The summed E-state index contributed by atoms with van der Waals surface area (Å²) in [7, 11) is 0. The molecule has 0 bridgehead atoms. The Morgan fingerprint density at radius 1 is 1.05 bits per heavy atom. The van der Waals surface area contributed by atoms with Crippen LogP contribution in [-0.2, 0) is 4.79 Å². The van der Waals surface area contributed by atoms with Gasteiger partial charge >= 0.3 is 0 Å². The van der Waals surface area contributed by atoms with Crippen LogP contribution in [0.4, 0.5) is 5.69 Å². The van der Waals surface area contributed by atoms with Gasteiger partial charge in [-0.2, -0.15) is 0 Å². The van der Waals surface area contributed by atoms with Crippen LogP contribution in [0.15, 0.2) is 66.9 Å². The SMILES string of the molecule is Cc1ccc(C)c(NC(=O)CCN2C(=S)N[C@H](c3ccccn3)[C@@H]2c2cc(C)n(-c3ccc4c(c3)OCO4)c2C)c1. The maximum atomic E-state index is 13.1. The van der Waals surface area contributed by atoms with Crippen LogP contribution in [0.2, 0.25) is 0 Å². The molecular formula is C32H33N5O3S. The molecule has 1 amide bonds. The molecule has 0 radical (unpaired) electrons. The summed E-state index contributed by atoms with van der Waals surface area (Å²) in [6, 6.07) is 19.9. The molecule has 9 heteroatoms. The number of nitrogens with one attached hydrogen (secondary N) is 2. The average molecular weight is 568 g/mol. The number of hydrogen-bond donors (Lipinski definition) is 2. The number of anilines is 1. The number of fused-ring (bicyclic) bond motifs is 1. The van der Waals surface area contributed by atoms with Crippen LogP contribution < -0.4 is 20.1 Å². The lowest BCUT2D eigenvalue weighted by molar-refractivity contribution is -0.116. The number of rotatable bonds is 7. The summed E-state index contributed by atoms with van der Waals surface area (Å²) in [6.45, 7) is 8.93. The first-order valence-corrected chi connectivity index (χ1v) is 14.1. The highest BCUT2D eigenvalue weighted by molar-refractivity contribution is 7.80. The summed E-state index contributed by atoms with van der Waals surface area (Å²) in [6.07, 6.45) is 2.09. The van der Waals surface area contributed by atoms with Gasteiger partial charge in [-0.25, -0.2) is 0 Å². The Hall–Kier alpha value is -4.37. The highest BCUT2D eigenvalue weighted by Crippen LogP contribution is 2.42. The van der Waals surface area contributed by atoms with Crippen molar-refractivity contribution in [3.05, 3.63) is 101 Å². The van der Waals surface area contributed by atoms with Gasteiger partial charge in [-0.3, -0.25) is 9.78 Å². The van der Waals surface area contributed by atoms with Crippen LogP contribution in [0.3, 0.4) is 0 Å². The summed E-state index contributed by atoms with van der Waals surface area (Å²) in [5.74, 6) is 1.44. The first-order valence-electron chi connectivity index (χ1n) is 13.7. The van der Waals surface area contributed by atoms with Crippen molar-refractivity contribution in [2.45, 2.75) is 46.2 Å². The van der Waals surface area contributed by atoms with E-state index in [4.69, 9.17) is 21.7 Å². The second-order valence-corrected chi connectivity index (χ2v) is 11.0. The van der Waals surface area contributed by atoms with Gasteiger partial charge < -0.3 is 29.6 Å². The maximum absolute atomic E-state index is 13.1. The number of nitrogens with zero attached hydrogens (tertiary/aromatic N) is 3. The number of pyridine rings is 1. The van der Waals surface area contributed by atoms with Gasteiger partial charge in [0, 0.05) is 48.0 Å². The third-order valence-corrected chi connectivity index (χ3v) is 8.20. The van der Waals surface area contributed by atoms with E-state index < -0.39 is 0 Å². The van der Waals surface area contributed by atoms with Crippen LogP contribution in [0.5, 0.6) is 11.5 Å². The number of aryl methyl sites for hydroxylation is 3. The van der Waals surface area contributed by atoms with E-state index in [-0.39, 0.29) is 24.8 Å². The molecule has 8 nitrogen and oxygen atoms in total. The number of carbonyl (C=O) groups excluding carboxylic acids is 1. The lowest BCUT2D eigenvalue weighted by Crippen LogP contribution is -2.33. The van der Waals surface area contributed by atoms with E-state index in [0.29, 0.717) is 18.1 Å². The summed E-state index contributed by atoms with van der Waals surface area (Å²) < 4.78 is 13.4. The Bertz CT molecular complexity index is 1630. The Labute approximate surface area is 245 Å². The molecular weight excluding hydrogens is 534 g/mol. The quantitative estimate of drug-likeness (QED) is 0.272. The topological polar surface area (TPSA) is 80.7 Å². The first-order chi connectivity index (χ1) is 19.8. The van der Waals surface area contributed by atoms with Crippen molar-refractivity contribution in [1.29, 1.82) is 0 Å². The molecule has 2 N–H and O–H groups in total. The molecule has 2 aliphatic heterocycles. The number of benzene rings is 2. The van der Waals surface area contributed by atoms with Crippen LogP contribution >= 0.6 is 12.2 Å². The Morgan fingerprint density at radius 3 is 2.68 bits per heavy atom. The number of carbonyl (C=O) groups is 1. The molecule has 1 fully saturated rings. The van der Waals surface area contributed by atoms with Crippen LogP contribution in [0.25, 0.3) is 5.69 Å². The zero-order valence-electron chi connectivity index (χ0n) is 23.6. The third kappa shape index (κ3) is 5.13. The summed E-state index contributed by atoms with van der Waals surface area (Å²) in [5, 5.41) is 7.20. The fourth-order valence-electron chi connectivity index (χ4n) is 5.80. The average Bonchev–Trinajstić information content (AvgIpc) is 3.64. The summed E-state index contributed by atoms with van der Waals surface area (Å²) >= 11 is 5.86. The fraction of sp³-hybridized carbons (Fsp3) is 0.281. The molecule has 2 atom stereocenters. The molecule has 0 aliphatic carbocycles. The zero-order valence-corrected chi connectivity index (χ0v) is 24.4. The Kier molecular flexibility index (Phi) is 7.13. The minimum absolute atomic E-state index is 0.0487. The van der Waals surface area contributed by atoms with Gasteiger partial charge in [0.1, 0.15) is 0 Å². The van der Waals surface area contributed by atoms with Crippen molar-refractivity contribution in [3.63, 3.8) is 0 Å². The lowest BCUT2D eigenvalue weighted by atomic mass is 9.96. The molecule has 1 saturated heterocycles. The van der Waals surface area contributed by atoms with Crippen molar-refractivity contribution in [2.75, 3.05) is 18.7 Å². The summed E-state index contributed by atoms with van der Waals surface area (Å²) in [4.78, 5) is 19.9. The van der Waals surface area contributed by atoms with E-state index >= 15 is 0 Å². The standard InChI is InChI=1S/C32H33N5O3S/c1-19-8-9-20(2)26(15-19)34-29(38)12-14-36-31(30(35-32(36)41)25-7-5-6-13-33-25)24-16-21(3)37(22(24)4)23-10-11-27-28(17-23)40-18-39-27/h5-11,13,15-17,30-31H,12,14,18H2,1-4H3,(H,34,38)(H,35,41)/t30-,31+/m1/s1. The van der Waals surface area contributed by atoms with Gasteiger partial charge in [-0.1, -0.05) is 18.2 Å². The minimum Gasteiger partial charge on any atom is -0.454 e. The highest BCUT2D eigenvalue weighted by atomic mass is 32.1. The van der Waals surface area contributed by atoms with Crippen molar-refractivity contribution in [1.82, 2.24) is 19.8 Å². The van der Waals surface area contributed by atoms with Crippen molar-refractivity contribution < 1.29 is 14.3 Å². The predicted molar refractivity (Wildman–Crippen MR) is 163 cm³/mol. The Balaban J connectivity index is 1.32. The first kappa shape index (κ1) is 26.8. The van der Waals surface area contributed by atoms with Crippen LogP contribution in [0.1, 0.15) is 52.3 Å². The highest BCUT2D eigenvalue weighted by Gasteiger charge is 2.41. The van der Waals surface area contributed by atoms with Crippen LogP contribution in [0, 0.1) is 27.7 Å². The molecule has 2 aliphatic rings. The zero-order chi connectivity index (χ0) is 28.7. The molecule has 0 spiro atoms. The van der Waals surface area contributed by atoms with E-state index in [0.717, 1.165) is 56.6 Å². The van der Waals surface area contributed by atoms with Crippen LogP contribution in [-0.4, -0.2) is 38.8 Å². The third-order valence-electron chi connectivity index (χ3n) is 7.85. The molecule has 4 aromatic rings. The normalized spacial score (nSPS) is 17.6. The smallest absolute Gasteiger partial charge is 0.231 e. The van der Waals surface area contributed by atoms with E-state index in [1.165, 1.54) is 0 Å². The van der Waals surface area contributed by atoms with Crippen molar-refractivity contribution in [2.24, 2.45) is 0 Å². The number of thiocarbonyl (C=S) groups is 1. The predicted octanol–water partition coefficient (Wildman–Crippen LogP) is 5.84. The molecule has 210 valence electrons. The fourth-order valence-corrected chi connectivity index (χ4v) is 6.13. The van der Waals surface area contributed by atoms with Gasteiger partial charge in [0.15, 0.2) is 16.6 Å². The number of hydrogen-bond acceptors (Lipinski definition) is 5. The van der Waals surface area contributed by atoms with E-state index in [2.05, 4.69) is 45.0 Å².